The lowest BCUT2D eigenvalue weighted by molar-refractivity contribution is 0.196. The maximum Gasteiger partial charge on any atom is 0.142 e. The molecule has 112 valence electrons. The van der Waals surface area contributed by atoms with Crippen molar-refractivity contribution in [2.24, 2.45) is 5.73 Å². The number of aryl methyl sites for hydroxylation is 1. The second-order valence-electron chi connectivity index (χ2n) is 5.44. The summed E-state index contributed by atoms with van der Waals surface area (Å²) in [5.74, 6) is -0.456. The topological polar surface area (TPSA) is 46.2 Å². The van der Waals surface area contributed by atoms with Crippen LogP contribution in [0.15, 0.2) is 42.5 Å². The molecule has 0 bridgehead atoms. The Labute approximate surface area is 129 Å². The van der Waals surface area contributed by atoms with Gasteiger partial charge in [-0.2, -0.15) is 0 Å². The van der Waals surface area contributed by atoms with Crippen molar-refractivity contribution in [3.63, 3.8) is 0 Å². The van der Waals surface area contributed by atoms with Gasteiger partial charge in [0, 0.05) is 12.0 Å². The lowest BCUT2D eigenvalue weighted by Crippen LogP contribution is -2.41. The number of halogens is 2. The standard InChI is InChI=1S/C17H19ClFNO/c1-12-3-2-4-14(7-12)17(10-20,11-21)9-13-5-6-15(18)16(19)8-13/h2-8,21H,9-11,20H2,1H3. The van der Waals surface area contributed by atoms with Crippen LogP contribution in [-0.2, 0) is 11.8 Å². The van der Waals surface area contributed by atoms with Gasteiger partial charge < -0.3 is 10.8 Å². The van der Waals surface area contributed by atoms with Gasteiger partial charge in [-0.3, -0.25) is 0 Å². The van der Waals surface area contributed by atoms with Crippen LogP contribution in [0.1, 0.15) is 16.7 Å². The van der Waals surface area contributed by atoms with Crippen molar-refractivity contribution >= 4 is 11.6 Å². The first kappa shape index (κ1) is 16.0. The molecular weight excluding hydrogens is 289 g/mol. The van der Waals surface area contributed by atoms with Crippen molar-refractivity contribution in [2.75, 3.05) is 13.2 Å². The molecule has 0 spiro atoms. The molecule has 0 saturated carbocycles. The quantitative estimate of drug-likeness (QED) is 0.891. The zero-order valence-electron chi connectivity index (χ0n) is 11.9. The van der Waals surface area contributed by atoms with Crippen molar-refractivity contribution in [2.45, 2.75) is 18.8 Å². The predicted molar refractivity (Wildman–Crippen MR) is 84.1 cm³/mol. The summed E-state index contributed by atoms with van der Waals surface area (Å²) in [7, 11) is 0. The number of hydrogen-bond donors (Lipinski definition) is 2. The van der Waals surface area contributed by atoms with Gasteiger partial charge in [-0.25, -0.2) is 4.39 Å². The monoisotopic (exact) mass is 307 g/mol. The third-order valence-electron chi connectivity index (χ3n) is 3.85. The summed E-state index contributed by atoms with van der Waals surface area (Å²) in [5, 5.41) is 10.0. The highest BCUT2D eigenvalue weighted by Crippen LogP contribution is 2.29. The molecule has 0 aliphatic rings. The van der Waals surface area contributed by atoms with Crippen LogP contribution in [-0.4, -0.2) is 18.3 Å². The van der Waals surface area contributed by atoms with E-state index >= 15 is 0 Å². The molecular formula is C17H19ClFNO. The molecule has 1 atom stereocenters. The lowest BCUT2D eigenvalue weighted by Gasteiger charge is -2.31. The van der Waals surface area contributed by atoms with Crippen molar-refractivity contribution < 1.29 is 9.50 Å². The fraction of sp³-hybridized carbons (Fsp3) is 0.294. The molecule has 2 aromatic carbocycles. The number of benzene rings is 2. The zero-order valence-corrected chi connectivity index (χ0v) is 12.7. The molecule has 0 radical (unpaired) electrons. The third kappa shape index (κ3) is 3.43. The number of nitrogens with two attached hydrogens (primary N) is 1. The molecule has 0 fully saturated rings. The number of aliphatic hydroxyl groups excluding tert-OH is 1. The minimum absolute atomic E-state index is 0.0941. The summed E-state index contributed by atoms with van der Waals surface area (Å²) in [6.45, 7) is 2.17. The summed E-state index contributed by atoms with van der Waals surface area (Å²) in [6.07, 6.45) is 0.456. The molecule has 0 heterocycles. The summed E-state index contributed by atoms with van der Waals surface area (Å²) in [6, 6.07) is 12.6. The lowest BCUT2D eigenvalue weighted by atomic mass is 9.76. The van der Waals surface area contributed by atoms with Crippen molar-refractivity contribution in [1.82, 2.24) is 0 Å². The van der Waals surface area contributed by atoms with Crippen LogP contribution in [0.25, 0.3) is 0 Å². The minimum atomic E-state index is -0.619. The smallest absolute Gasteiger partial charge is 0.142 e. The Morgan fingerprint density at radius 1 is 1.24 bits per heavy atom. The van der Waals surface area contributed by atoms with E-state index in [1.807, 2.05) is 31.2 Å². The van der Waals surface area contributed by atoms with E-state index in [9.17, 15) is 9.50 Å². The van der Waals surface area contributed by atoms with Crippen LogP contribution in [0, 0.1) is 12.7 Å². The van der Waals surface area contributed by atoms with E-state index < -0.39 is 11.2 Å². The van der Waals surface area contributed by atoms with Gasteiger partial charge >= 0.3 is 0 Å². The van der Waals surface area contributed by atoms with E-state index in [2.05, 4.69) is 0 Å². The SMILES string of the molecule is Cc1cccc(C(CN)(CO)Cc2ccc(Cl)c(F)c2)c1. The Balaban J connectivity index is 2.40. The van der Waals surface area contributed by atoms with Crippen molar-refractivity contribution in [3.05, 3.63) is 70.0 Å². The first-order valence-electron chi connectivity index (χ1n) is 6.83. The van der Waals surface area contributed by atoms with E-state index in [1.54, 1.807) is 6.07 Å². The summed E-state index contributed by atoms with van der Waals surface area (Å²) < 4.78 is 13.6. The largest absolute Gasteiger partial charge is 0.395 e. The average molecular weight is 308 g/mol. The Bertz CT molecular complexity index is 626. The van der Waals surface area contributed by atoms with Crippen LogP contribution in [0.3, 0.4) is 0 Å². The zero-order chi connectivity index (χ0) is 15.5. The molecule has 2 rings (SSSR count). The molecule has 0 saturated heterocycles. The van der Waals surface area contributed by atoms with Gasteiger partial charge in [0.05, 0.1) is 11.6 Å². The molecule has 1 unspecified atom stereocenters. The second-order valence-corrected chi connectivity index (χ2v) is 5.84. The Kier molecular flexibility index (Phi) is 4.99. The summed E-state index contributed by atoms with van der Waals surface area (Å²) in [5.41, 5.74) is 8.14. The summed E-state index contributed by atoms with van der Waals surface area (Å²) >= 11 is 5.71. The fourth-order valence-electron chi connectivity index (χ4n) is 2.52. The van der Waals surface area contributed by atoms with Crippen LogP contribution in [0.2, 0.25) is 5.02 Å². The highest BCUT2D eigenvalue weighted by molar-refractivity contribution is 6.30. The maximum atomic E-state index is 13.6. The Morgan fingerprint density at radius 3 is 2.57 bits per heavy atom. The maximum absolute atomic E-state index is 13.6. The van der Waals surface area contributed by atoms with Gasteiger partial charge in [0.2, 0.25) is 0 Å². The van der Waals surface area contributed by atoms with Gasteiger partial charge in [0.1, 0.15) is 5.82 Å². The molecule has 2 nitrogen and oxygen atoms in total. The molecule has 2 aromatic rings. The third-order valence-corrected chi connectivity index (χ3v) is 4.16. The molecule has 0 aliphatic heterocycles. The van der Waals surface area contributed by atoms with Crippen LogP contribution in [0.4, 0.5) is 4.39 Å². The first-order valence-corrected chi connectivity index (χ1v) is 7.20. The average Bonchev–Trinajstić information content (AvgIpc) is 2.48. The number of rotatable bonds is 5. The molecule has 3 N–H and O–H groups in total. The molecule has 0 aromatic heterocycles. The molecule has 4 heteroatoms. The highest BCUT2D eigenvalue weighted by Gasteiger charge is 2.30. The van der Waals surface area contributed by atoms with E-state index in [-0.39, 0.29) is 18.2 Å². The minimum Gasteiger partial charge on any atom is -0.395 e. The van der Waals surface area contributed by atoms with Gasteiger partial charge in [-0.1, -0.05) is 47.5 Å². The predicted octanol–water partition coefficient (Wildman–Crippen LogP) is 3.22. The normalized spacial score (nSPS) is 14.0. The van der Waals surface area contributed by atoms with E-state index in [0.717, 1.165) is 16.7 Å². The second kappa shape index (κ2) is 6.56. The van der Waals surface area contributed by atoms with Crippen LogP contribution in [0.5, 0.6) is 0 Å². The van der Waals surface area contributed by atoms with Gasteiger partial charge in [0.15, 0.2) is 0 Å². The Hall–Kier alpha value is -1.42. The fourth-order valence-corrected chi connectivity index (χ4v) is 2.64. The van der Waals surface area contributed by atoms with Gasteiger partial charge in [0.25, 0.3) is 0 Å². The van der Waals surface area contributed by atoms with Gasteiger partial charge in [-0.05, 0) is 36.6 Å². The summed E-state index contributed by atoms with van der Waals surface area (Å²) in [4.78, 5) is 0. The van der Waals surface area contributed by atoms with Crippen molar-refractivity contribution in [3.8, 4) is 0 Å². The highest BCUT2D eigenvalue weighted by atomic mass is 35.5. The molecule has 0 aliphatic carbocycles. The molecule has 0 amide bonds. The van der Waals surface area contributed by atoms with Crippen LogP contribution >= 0.6 is 11.6 Å². The number of aliphatic hydroxyl groups is 1. The Morgan fingerprint density at radius 2 is 2.00 bits per heavy atom. The van der Waals surface area contributed by atoms with E-state index in [0.29, 0.717) is 6.42 Å². The van der Waals surface area contributed by atoms with Gasteiger partial charge in [-0.15, -0.1) is 0 Å². The van der Waals surface area contributed by atoms with Crippen molar-refractivity contribution in [1.29, 1.82) is 0 Å². The molecule has 21 heavy (non-hydrogen) atoms. The van der Waals surface area contributed by atoms with Crippen LogP contribution < -0.4 is 5.73 Å². The van der Waals surface area contributed by atoms with E-state index in [1.165, 1.54) is 12.1 Å². The number of hydrogen-bond acceptors (Lipinski definition) is 2. The first-order chi connectivity index (χ1) is 10.0. The van der Waals surface area contributed by atoms with E-state index in [4.69, 9.17) is 17.3 Å².